The molecule has 30 heavy (non-hydrogen) atoms. The van der Waals surface area contributed by atoms with Crippen LogP contribution in [0.3, 0.4) is 0 Å². The number of esters is 1. The Morgan fingerprint density at radius 3 is 2.57 bits per heavy atom. The van der Waals surface area contributed by atoms with Crippen molar-refractivity contribution in [1.29, 1.82) is 0 Å². The molecule has 0 radical (unpaired) electrons. The number of fused-ring (bicyclic) bond motifs is 1. The number of pyridine rings is 1. The van der Waals surface area contributed by atoms with E-state index < -0.39 is 5.97 Å². The van der Waals surface area contributed by atoms with E-state index in [1.165, 1.54) is 0 Å². The van der Waals surface area contributed by atoms with Crippen LogP contribution in [-0.2, 0) is 9.53 Å². The summed E-state index contributed by atoms with van der Waals surface area (Å²) in [5, 5.41) is 5.49. The minimum Gasteiger partial charge on any atom is -0.452 e. The average molecular weight is 417 g/mol. The second-order valence-electron chi connectivity index (χ2n) is 6.82. The molecule has 5 nitrogen and oxygen atoms in total. The van der Waals surface area contributed by atoms with E-state index in [0.29, 0.717) is 22.2 Å². The zero-order valence-corrected chi connectivity index (χ0v) is 17.2. The van der Waals surface area contributed by atoms with E-state index in [2.05, 4.69) is 10.3 Å². The van der Waals surface area contributed by atoms with Crippen LogP contribution in [0, 0.1) is 0 Å². The van der Waals surface area contributed by atoms with E-state index in [1.54, 1.807) is 17.4 Å². The third kappa shape index (κ3) is 4.39. The number of aromatic nitrogens is 1. The Balaban J connectivity index is 1.53. The maximum absolute atomic E-state index is 12.8. The van der Waals surface area contributed by atoms with Crippen molar-refractivity contribution in [2.75, 3.05) is 6.61 Å². The Morgan fingerprint density at radius 2 is 1.80 bits per heavy atom. The van der Waals surface area contributed by atoms with Crippen LogP contribution in [0.4, 0.5) is 0 Å². The van der Waals surface area contributed by atoms with Gasteiger partial charge in [0, 0.05) is 15.8 Å². The van der Waals surface area contributed by atoms with Crippen molar-refractivity contribution in [1.82, 2.24) is 10.3 Å². The van der Waals surface area contributed by atoms with Gasteiger partial charge >= 0.3 is 5.97 Å². The number of rotatable bonds is 6. The van der Waals surface area contributed by atoms with E-state index in [9.17, 15) is 9.59 Å². The second-order valence-corrected chi connectivity index (χ2v) is 7.80. The van der Waals surface area contributed by atoms with Crippen molar-refractivity contribution in [2.24, 2.45) is 0 Å². The minimum atomic E-state index is -0.551. The number of carbonyl (C=O) groups is 2. The van der Waals surface area contributed by atoms with Crippen LogP contribution < -0.4 is 5.32 Å². The topological polar surface area (TPSA) is 68.3 Å². The first-order chi connectivity index (χ1) is 14.6. The SMILES string of the molecule is C[C@@H](NC(=O)COC(=O)c1cc(-c2ccccc2)nc2ccccc12)c1cccs1. The van der Waals surface area contributed by atoms with Gasteiger partial charge in [-0.2, -0.15) is 0 Å². The van der Waals surface area contributed by atoms with E-state index in [1.807, 2.05) is 79.0 Å². The third-order valence-corrected chi connectivity index (χ3v) is 5.74. The summed E-state index contributed by atoms with van der Waals surface area (Å²) in [5.74, 6) is -0.893. The zero-order chi connectivity index (χ0) is 20.9. The summed E-state index contributed by atoms with van der Waals surface area (Å²) in [5.41, 5.74) is 2.66. The van der Waals surface area contributed by atoms with Gasteiger partial charge in [0.15, 0.2) is 6.61 Å². The fraction of sp³-hybridized carbons (Fsp3) is 0.125. The lowest BCUT2D eigenvalue weighted by Crippen LogP contribution is -2.30. The van der Waals surface area contributed by atoms with E-state index in [4.69, 9.17) is 4.74 Å². The minimum absolute atomic E-state index is 0.136. The molecule has 0 spiro atoms. The fourth-order valence-electron chi connectivity index (χ4n) is 3.20. The van der Waals surface area contributed by atoms with E-state index in [0.717, 1.165) is 10.4 Å². The molecule has 2 aromatic carbocycles. The van der Waals surface area contributed by atoms with Gasteiger partial charge in [0.1, 0.15) is 0 Å². The largest absolute Gasteiger partial charge is 0.452 e. The lowest BCUT2D eigenvalue weighted by molar-refractivity contribution is -0.124. The summed E-state index contributed by atoms with van der Waals surface area (Å²) in [7, 11) is 0. The standard InChI is InChI=1S/C24H20N2O3S/c1-16(22-12-7-13-30-22)25-23(27)15-29-24(28)19-14-21(17-8-3-2-4-9-17)26-20-11-6-5-10-18(19)20/h2-14,16H,15H2,1H3,(H,25,27)/t16-/m1/s1. The lowest BCUT2D eigenvalue weighted by Gasteiger charge is -2.13. The Bertz CT molecular complexity index is 1170. The highest BCUT2D eigenvalue weighted by molar-refractivity contribution is 7.10. The molecule has 0 fully saturated rings. The number of nitrogens with one attached hydrogen (secondary N) is 1. The molecule has 1 N–H and O–H groups in total. The molecule has 1 atom stereocenters. The Labute approximate surface area is 178 Å². The summed E-state index contributed by atoms with van der Waals surface area (Å²) in [6.07, 6.45) is 0. The van der Waals surface area contributed by atoms with Crippen molar-refractivity contribution < 1.29 is 14.3 Å². The number of hydrogen-bond acceptors (Lipinski definition) is 5. The lowest BCUT2D eigenvalue weighted by atomic mass is 10.0. The summed E-state index contributed by atoms with van der Waals surface area (Å²) < 4.78 is 5.33. The van der Waals surface area contributed by atoms with Crippen LogP contribution in [0.25, 0.3) is 22.2 Å². The summed E-state index contributed by atoms with van der Waals surface area (Å²) >= 11 is 1.57. The van der Waals surface area contributed by atoms with Crippen molar-refractivity contribution in [3.05, 3.63) is 88.6 Å². The van der Waals surface area contributed by atoms with Crippen molar-refractivity contribution >= 4 is 34.1 Å². The number of benzene rings is 2. The zero-order valence-electron chi connectivity index (χ0n) is 16.4. The van der Waals surface area contributed by atoms with Gasteiger partial charge in [-0.25, -0.2) is 9.78 Å². The molecule has 0 unspecified atom stereocenters. The molecule has 2 heterocycles. The molecule has 0 aliphatic heterocycles. The monoisotopic (exact) mass is 416 g/mol. The molecule has 0 bridgehead atoms. The highest BCUT2D eigenvalue weighted by Crippen LogP contribution is 2.25. The highest BCUT2D eigenvalue weighted by atomic mass is 32.1. The molecule has 150 valence electrons. The molecule has 0 aliphatic carbocycles. The Hall–Kier alpha value is -3.51. The fourth-order valence-corrected chi connectivity index (χ4v) is 3.94. The molecule has 0 saturated heterocycles. The second kappa shape index (κ2) is 8.88. The van der Waals surface area contributed by atoms with Crippen LogP contribution in [-0.4, -0.2) is 23.5 Å². The van der Waals surface area contributed by atoms with Gasteiger partial charge in [-0.05, 0) is 30.5 Å². The van der Waals surface area contributed by atoms with Crippen LogP contribution in [0.2, 0.25) is 0 Å². The first-order valence-corrected chi connectivity index (χ1v) is 10.4. The quantitative estimate of drug-likeness (QED) is 0.449. The van der Waals surface area contributed by atoms with Crippen LogP contribution in [0.5, 0.6) is 0 Å². The number of amides is 1. The van der Waals surface area contributed by atoms with Gasteiger partial charge in [0.25, 0.3) is 5.91 Å². The number of hydrogen-bond donors (Lipinski definition) is 1. The van der Waals surface area contributed by atoms with Crippen molar-refractivity contribution in [3.63, 3.8) is 0 Å². The number of nitrogens with zero attached hydrogens (tertiary/aromatic N) is 1. The first kappa shape index (κ1) is 19.8. The average Bonchev–Trinajstić information content (AvgIpc) is 3.32. The number of thiophene rings is 1. The van der Waals surface area contributed by atoms with Crippen LogP contribution >= 0.6 is 11.3 Å². The third-order valence-electron chi connectivity index (χ3n) is 4.69. The summed E-state index contributed by atoms with van der Waals surface area (Å²) in [4.78, 5) is 30.8. The van der Waals surface area contributed by atoms with Gasteiger partial charge in [0.2, 0.25) is 0 Å². The molecule has 4 rings (SSSR count). The molecule has 4 aromatic rings. The molecule has 6 heteroatoms. The van der Waals surface area contributed by atoms with Gasteiger partial charge < -0.3 is 10.1 Å². The van der Waals surface area contributed by atoms with Gasteiger partial charge in [-0.1, -0.05) is 54.6 Å². The van der Waals surface area contributed by atoms with Gasteiger partial charge in [-0.15, -0.1) is 11.3 Å². The summed E-state index contributed by atoms with van der Waals surface area (Å²) in [6.45, 7) is 1.56. The number of para-hydroxylation sites is 1. The normalized spacial score (nSPS) is 11.8. The first-order valence-electron chi connectivity index (χ1n) is 9.57. The van der Waals surface area contributed by atoms with Crippen LogP contribution in [0.15, 0.2) is 78.2 Å². The predicted molar refractivity (Wildman–Crippen MR) is 118 cm³/mol. The molecular formula is C24H20N2O3S. The van der Waals surface area contributed by atoms with E-state index in [-0.39, 0.29) is 18.6 Å². The maximum Gasteiger partial charge on any atom is 0.339 e. The Kier molecular flexibility index (Phi) is 5.86. The molecule has 0 saturated carbocycles. The van der Waals surface area contributed by atoms with E-state index >= 15 is 0 Å². The molecular weight excluding hydrogens is 396 g/mol. The number of ether oxygens (including phenoxy) is 1. The maximum atomic E-state index is 12.8. The Morgan fingerprint density at radius 1 is 1.03 bits per heavy atom. The number of carbonyl (C=O) groups excluding carboxylic acids is 2. The summed E-state index contributed by atoms with van der Waals surface area (Å²) in [6, 6.07) is 22.5. The van der Waals surface area contributed by atoms with Crippen LogP contribution in [0.1, 0.15) is 28.2 Å². The predicted octanol–water partition coefficient (Wildman–Crippen LogP) is 5.00. The van der Waals surface area contributed by atoms with Crippen molar-refractivity contribution in [2.45, 2.75) is 13.0 Å². The van der Waals surface area contributed by atoms with Gasteiger partial charge in [-0.3, -0.25) is 4.79 Å². The van der Waals surface area contributed by atoms with Crippen molar-refractivity contribution in [3.8, 4) is 11.3 Å². The smallest absolute Gasteiger partial charge is 0.339 e. The molecule has 0 aliphatic rings. The highest BCUT2D eigenvalue weighted by Gasteiger charge is 2.17. The van der Waals surface area contributed by atoms with Gasteiger partial charge in [0.05, 0.1) is 22.8 Å². The molecule has 1 amide bonds. The molecule has 2 aromatic heterocycles.